The molecule has 1 unspecified atom stereocenters. The van der Waals surface area contributed by atoms with Crippen LogP contribution in [-0.2, 0) is 10.2 Å². The Morgan fingerprint density at radius 2 is 1.89 bits per heavy atom. The van der Waals surface area contributed by atoms with Crippen molar-refractivity contribution in [2.24, 2.45) is 0 Å². The number of rotatable bonds is 5. The lowest BCUT2D eigenvalue weighted by Gasteiger charge is -2.40. The van der Waals surface area contributed by atoms with Crippen molar-refractivity contribution in [3.63, 3.8) is 0 Å². The van der Waals surface area contributed by atoms with E-state index in [2.05, 4.69) is 61.3 Å². The van der Waals surface area contributed by atoms with Gasteiger partial charge < -0.3 is 15.0 Å². The summed E-state index contributed by atoms with van der Waals surface area (Å²) in [7, 11) is 0. The molecule has 4 heteroatoms. The van der Waals surface area contributed by atoms with E-state index in [0.717, 1.165) is 23.4 Å². The molecule has 0 bridgehead atoms. The molecule has 140 valence electrons. The summed E-state index contributed by atoms with van der Waals surface area (Å²) in [6, 6.07) is 16.4. The number of ether oxygens (including phenoxy) is 1. The van der Waals surface area contributed by atoms with Crippen molar-refractivity contribution in [2.75, 3.05) is 18.1 Å². The largest absolute Gasteiger partial charge is 0.493 e. The highest BCUT2D eigenvalue weighted by atomic mass is 16.5. The normalized spacial score (nSPS) is 22.6. The van der Waals surface area contributed by atoms with E-state index in [4.69, 9.17) is 4.74 Å². The van der Waals surface area contributed by atoms with Gasteiger partial charge in [-0.25, -0.2) is 0 Å². The van der Waals surface area contributed by atoms with Crippen LogP contribution in [0.15, 0.2) is 54.6 Å². The Hall–Kier alpha value is -2.75. The SMILES string of the molecule is CCCOc1ccccc1/C=C/C12NC(=O)CN1c1ccccc1C2(C)C. The molecule has 0 aromatic heterocycles. The highest BCUT2D eigenvalue weighted by Gasteiger charge is 2.59. The lowest BCUT2D eigenvalue weighted by atomic mass is 9.75. The molecule has 1 atom stereocenters. The molecular weight excluding hydrogens is 336 g/mol. The number of nitrogens with one attached hydrogen (secondary N) is 1. The van der Waals surface area contributed by atoms with Crippen LogP contribution >= 0.6 is 0 Å². The van der Waals surface area contributed by atoms with Gasteiger partial charge in [-0.1, -0.05) is 63.2 Å². The first-order valence-corrected chi connectivity index (χ1v) is 9.59. The summed E-state index contributed by atoms with van der Waals surface area (Å²) in [5.41, 5.74) is 2.57. The van der Waals surface area contributed by atoms with Gasteiger partial charge in [-0.2, -0.15) is 0 Å². The number of fused-ring (bicyclic) bond motifs is 3. The third kappa shape index (κ3) is 2.62. The first-order chi connectivity index (χ1) is 13.0. The van der Waals surface area contributed by atoms with Gasteiger partial charge in [0.1, 0.15) is 11.4 Å². The molecule has 27 heavy (non-hydrogen) atoms. The molecule has 1 saturated heterocycles. The van der Waals surface area contributed by atoms with Gasteiger partial charge in [0.15, 0.2) is 0 Å². The Morgan fingerprint density at radius 1 is 1.15 bits per heavy atom. The van der Waals surface area contributed by atoms with E-state index in [-0.39, 0.29) is 11.3 Å². The first kappa shape index (κ1) is 17.7. The molecule has 2 aliphatic heterocycles. The molecule has 1 N–H and O–H groups in total. The molecule has 0 aliphatic carbocycles. The van der Waals surface area contributed by atoms with Crippen molar-refractivity contribution in [1.29, 1.82) is 0 Å². The summed E-state index contributed by atoms with van der Waals surface area (Å²) in [6.07, 6.45) is 5.18. The third-order valence-electron chi connectivity index (χ3n) is 5.76. The lowest BCUT2D eigenvalue weighted by Crippen LogP contribution is -2.58. The minimum atomic E-state index is -0.578. The van der Waals surface area contributed by atoms with Crippen LogP contribution in [0.5, 0.6) is 5.75 Å². The van der Waals surface area contributed by atoms with E-state index in [1.807, 2.05) is 30.3 Å². The quantitative estimate of drug-likeness (QED) is 0.870. The van der Waals surface area contributed by atoms with Gasteiger partial charge in [-0.3, -0.25) is 4.79 Å². The molecule has 1 fully saturated rings. The number of amides is 1. The summed E-state index contributed by atoms with van der Waals surface area (Å²) in [6.45, 7) is 7.55. The fourth-order valence-electron chi connectivity index (χ4n) is 4.31. The predicted octanol–water partition coefficient (Wildman–Crippen LogP) is 4.11. The lowest BCUT2D eigenvalue weighted by molar-refractivity contribution is -0.118. The average molecular weight is 362 g/mol. The van der Waals surface area contributed by atoms with Gasteiger partial charge in [0.05, 0.1) is 13.2 Å². The Morgan fingerprint density at radius 3 is 2.70 bits per heavy atom. The maximum atomic E-state index is 12.4. The monoisotopic (exact) mass is 362 g/mol. The Balaban J connectivity index is 1.77. The molecule has 0 saturated carbocycles. The van der Waals surface area contributed by atoms with Crippen LogP contribution in [0.4, 0.5) is 5.69 Å². The molecule has 2 heterocycles. The summed E-state index contributed by atoms with van der Waals surface area (Å²) in [4.78, 5) is 14.6. The Bertz CT molecular complexity index is 903. The van der Waals surface area contributed by atoms with Gasteiger partial charge in [-0.05, 0) is 30.2 Å². The molecule has 2 aromatic carbocycles. The van der Waals surface area contributed by atoms with E-state index >= 15 is 0 Å². The highest BCUT2D eigenvalue weighted by molar-refractivity contribution is 5.91. The van der Waals surface area contributed by atoms with E-state index in [1.165, 1.54) is 5.56 Å². The minimum absolute atomic E-state index is 0.0535. The molecule has 0 radical (unpaired) electrons. The second kappa shape index (κ2) is 6.45. The van der Waals surface area contributed by atoms with E-state index in [1.54, 1.807) is 0 Å². The Labute approximate surface area is 160 Å². The molecule has 2 aliphatic rings. The van der Waals surface area contributed by atoms with E-state index < -0.39 is 5.66 Å². The van der Waals surface area contributed by atoms with E-state index in [9.17, 15) is 4.79 Å². The summed E-state index contributed by atoms with van der Waals surface area (Å²) in [5, 5.41) is 3.26. The van der Waals surface area contributed by atoms with Gasteiger partial charge in [0.25, 0.3) is 0 Å². The van der Waals surface area contributed by atoms with Crippen LogP contribution < -0.4 is 15.0 Å². The number of nitrogens with zero attached hydrogens (tertiary/aromatic N) is 1. The molecule has 1 amide bonds. The molecular formula is C23H26N2O2. The minimum Gasteiger partial charge on any atom is -0.493 e. The predicted molar refractivity (Wildman–Crippen MR) is 109 cm³/mol. The van der Waals surface area contributed by atoms with Crippen molar-refractivity contribution >= 4 is 17.7 Å². The zero-order valence-electron chi connectivity index (χ0n) is 16.2. The molecule has 2 aromatic rings. The maximum Gasteiger partial charge on any atom is 0.241 e. The molecule has 4 rings (SSSR count). The number of benzene rings is 2. The summed E-state index contributed by atoms with van der Waals surface area (Å²) >= 11 is 0. The number of carbonyl (C=O) groups is 1. The maximum absolute atomic E-state index is 12.4. The van der Waals surface area contributed by atoms with Gasteiger partial charge in [0, 0.05) is 16.7 Å². The Kier molecular flexibility index (Phi) is 4.22. The van der Waals surface area contributed by atoms with Crippen LogP contribution in [0.25, 0.3) is 6.08 Å². The highest BCUT2D eigenvalue weighted by Crippen LogP contribution is 2.52. The second-order valence-electron chi connectivity index (χ2n) is 7.76. The van der Waals surface area contributed by atoms with Crippen molar-refractivity contribution in [3.8, 4) is 5.75 Å². The van der Waals surface area contributed by atoms with Crippen LogP contribution in [0, 0.1) is 0 Å². The van der Waals surface area contributed by atoms with Crippen LogP contribution in [-0.4, -0.2) is 24.7 Å². The fourth-order valence-corrected chi connectivity index (χ4v) is 4.31. The van der Waals surface area contributed by atoms with Crippen LogP contribution in [0.2, 0.25) is 0 Å². The van der Waals surface area contributed by atoms with Crippen LogP contribution in [0.3, 0.4) is 0 Å². The zero-order chi connectivity index (χ0) is 19.1. The van der Waals surface area contributed by atoms with Crippen molar-refractivity contribution < 1.29 is 9.53 Å². The zero-order valence-corrected chi connectivity index (χ0v) is 16.2. The molecule has 0 spiro atoms. The van der Waals surface area contributed by atoms with Crippen molar-refractivity contribution in [3.05, 3.63) is 65.7 Å². The number of hydrogen-bond acceptors (Lipinski definition) is 3. The third-order valence-corrected chi connectivity index (χ3v) is 5.76. The number of para-hydroxylation sites is 2. The first-order valence-electron chi connectivity index (χ1n) is 9.59. The standard InChI is InChI=1S/C23H26N2O2/c1-4-15-27-20-12-8-5-9-17(20)13-14-23-22(2,3)18-10-6-7-11-19(18)25(23)16-21(26)24-23/h5-14H,4,15-16H2,1-3H3,(H,24,26)/b14-13+. The fraction of sp³-hybridized carbons (Fsp3) is 0.348. The topological polar surface area (TPSA) is 41.6 Å². The van der Waals surface area contributed by atoms with Crippen molar-refractivity contribution in [2.45, 2.75) is 38.3 Å². The van der Waals surface area contributed by atoms with Gasteiger partial charge in [0.2, 0.25) is 5.91 Å². The van der Waals surface area contributed by atoms with Crippen molar-refractivity contribution in [1.82, 2.24) is 5.32 Å². The summed E-state index contributed by atoms with van der Waals surface area (Å²) < 4.78 is 5.89. The smallest absolute Gasteiger partial charge is 0.241 e. The number of carbonyl (C=O) groups excluding carboxylic acids is 1. The number of anilines is 1. The van der Waals surface area contributed by atoms with E-state index in [0.29, 0.717) is 13.2 Å². The van der Waals surface area contributed by atoms with Crippen LogP contribution in [0.1, 0.15) is 38.3 Å². The van der Waals surface area contributed by atoms with Gasteiger partial charge in [-0.15, -0.1) is 0 Å². The molecule has 4 nitrogen and oxygen atoms in total. The second-order valence-corrected chi connectivity index (χ2v) is 7.76. The average Bonchev–Trinajstić information content (AvgIpc) is 3.10. The summed E-state index contributed by atoms with van der Waals surface area (Å²) in [5.74, 6) is 0.925. The number of hydrogen-bond donors (Lipinski definition) is 1. The van der Waals surface area contributed by atoms with Gasteiger partial charge >= 0.3 is 0 Å².